The largest absolute Gasteiger partial charge is 0.341 e. The van der Waals surface area contributed by atoms with Gasteiger partial charge in [-0.15, -0.1) is 0 Å². The standard InChI is InChI=1S/C15H17N.2C2H6/c1-4-9-14-12(5-2)13-10-7-8-11-15(13)16(14)6-3;2*1-2/h4-5,7-11H,2,6H2,1,3H3;2*1-2H3/b9-4-;;. The molecule has 1 nitrogen and oxygen atoms in total. The Labute approximate surface area is 124 Å². The van der Waals surface area contributed by atoms with Crippen molar-refractivity contribution < 1.29 is 0 Å². The van der Waals surface area contributed by atoms with Crippen LogP contribution in [0.3, 0.4) is 0 Å². The Kier molecular flexibility index (Phi) is 9.19. The molecule has 0 amide bonds. The van der Waals surface area contributed by atoms with Crippen molar-refractivity contribution in [1.29, 1.82) is 0 Å². The molecule has 110 valence electrons. The second kappa shape index (κ2) is 10.1. The molecule has 1 aromatic carbocycles. The Morgan fingerprint density at radius 3 is 2.20 bits per heavy atom. The molecule has 1 heteroatoms. The van der Waals surface area contributed by atoms with E-state index in [1.54, 1.807) is 0 Å². The van der Waals surface area contributed by atoms with E-state index in [1.165, 1.54) is 22.2 Å². The minimum atomic E-state index is 0.980. The van der Waals surface area contributed by atoms with Crippen LogP contribution in [0, 0.1) is 0 Å². The summed E-state index contributed by atoms with van der Waals surface area (Å²) in [6.07, 6.45) is 6.18. The SMILES string of the molecule is C=Cc1c(/C=C\C)n(CC)c2ccccc12.CC.CC. The molecule has 0 N–H and O–H groups in total. The van der Waals surface area contributed by atoms with Gasteiger partial charge in [-0.2, -0.15) is 0 Å². The summed E-state index contributed by atoms with van der Waals surface area (Å²) in [7, 11) is 0. The van der Waals surface area contributed by atoms with E-state index in [1.807, 2.05) is 40.7 Å². The number of para-hydroxylation sites is 1. The second-order valence-electron chi connectivity index (χ2n) is 3.76. The molecule has 0 aliphatic heterocycles. The maximum atomic E-state index is 3.92. The summed E-state index contributed by atoms with van der Waals surface area (Å²) >= 11 is 0. The number of benzene rings is 1. The van der Waals surface area contributed by atoms with Crippen LogP contribution in [0.1, 0.15) is 52.8 Å². The Balaban J connectivity index is 0.000000829. The summed E-state index contributed by atoms with van der Waals surface area (Å²) in [5.41, 5.74) is 3.77. The first-order chi connectivity index (χ1) is 9.83. The van der Waals surface area contributed by atoms with Gasteiger partial charge in [0, 0.05) is 28.7 Å². The highest BCUT2D eigenvalue weighted by Gasteiger charge is 2.10. The highest BCUT2D eigenvalue weighted by Crippen LogP contribution is 2.28. The topological polar surface area (TPSA) is 4.93 Å². The molecule has 0 unspecified atom stereocenters. The first-order valence-corrected chi connectivity index (χ1v) is 7.69. The van der Waals surface area contributed by atoms with E-state index >= 15 is 0 Å². The molecule has 0 radical (unpaired) electrons. The second-order valence-corrected chi connectivity index (χ2v) is 3.76. The number of rotatable bonds is 3. The fraction of sp³-hybridized carbons (Fsp3) is 0.368. The molecule has 0 aliphatic rings. The molecular formula is C19H29N. The number of aromatic nitrogens is 1. The first-order valence-electron chi connectivity index (χ1n) is 7.69. The van der Waals surface area contributed by atoms with Crippen LogP contribution in [0.4, 0.5) is 0 Å². The van der Waals surface area contributed by atoms with Gasteiger partial charge in [0.15, 0.2) is 0 Å². The summed E-state index contributed by atoms with van der Waals surface area (Å²) in [5.74, 6) is 0. The third kappa shape index (κ3) is 3.63. The maximum absolute atomic E-state index is 3.92. The third-order valence-electron chi connectivity index (χ3n) is 2.90. The highest BCUT2D eigenvalue weighted by molar-refractivity contribution is 5.93. The Bertz CT molecular complexity index is 544. The Morgan fingerprint density at radius 1 is 1.10 bits per heavy atom. The lowest BCUT2D eigenvalue weighted by atomic mass is 10.1. The van der Waals surface area contributed by atoms with E-state index in [9.17, 15) is 0 Å². The lowest BCUT2D eigenvalue weighted by Gasteiger charge is -2.04. The number of allylic oxidation sites excluding steroid dienone is 1. The van der Waals surface area contributed by atoms with Gasteiger partial charge in [0.25, 0.3) is 0 Å². The van der Waals surface area contributed by atoms with Crippen LogP contribution in [0.25, 0.3) is 23.1 Å². The van der Waals surface area contributed by atoms with E-state index in [-0.39, 0.29) is 0 Å². The van der Waals surface area contributed by atoms with E-state index in [0.717, 1.165) is 6.54 Å². The molecular weight excluding hydrogens is 242 g/mol. The van der Waals surface area contributed by atoms with Gasteiger partial charge in [-0.1, -0.05) is 64.6 Å². The van der Waals surface area contributed by atoms with Crippen LogP contribution >= 0.6 is 0 Å². The van der Waals surface area contributed by atoms with Crippen LogP contribution in [0.2, 0.25) is 0 Å². The molecule has 1 heterocycles. The van der Waals surface area contributed by atoms with Gasteiger partial charge < -0.3 is 4.57 Å². The zero-order valence-corrected chi connectivity index (χ0v) is 13.9. The predicted molar refractivity (Wildman–Crippen MR) is 95.1 cm³/mol. The van der Waals surface area contributed by atoms with Crippen LogP contribution in [-0.4, -0.2) is 4.57 Å². The number of aryl methyl sites for hydroxylation is 1. The lowest BCUT2D eigenvalue weighted by molar-refractivity contribution is 0.789. The molecule has 0 atom stereocenters. The van der Waals surface area contributed by atoms with Crippen LogP contribution in [-0.2, 0) is 6.54 Å². The lowest BCUT2D eigenvalue weighted by Crippen LogP contribution is -1.96. The predicted octanol–water partition coefficient (Wildman–Crippen LogP) is 6.39. The molecule has 0 aliphatic carbocycles. The molecule has 0 spiro atoms. The van der Waals surface area contributed by atoms with Crippen molar-refractivity contribution in [2.45, 2.75) is 48.1 Å². The molecule has 0 bridgehead atoms. The third-order valence-corrected chi connectivity index (χ3v) is 2.90. The zero-order chi connectivity index (χ0) is 15.5. The van der Waals surface area contributed by atoms with Crippen molar-refractivity contribution >= 4 is 23.1 Å². The van der Waals surface area contributed by atoms with Crippen LogP contribution in [0.15, 0.2) is 36.9 Å². The average molecular weight is 271 g/mol. The number of hydrogen-bond acceptors (Lipinski definition) is 0. The number of hydrogen-bond donors (Lipinski definition) is 0. The fourth-order valence-corrected chi connectivity index (χ4v) is 2.24. The van der Waals surface area contributed by atoms with Crippen molar-refractivity contribution in [2.24, 2.45) is 0 Å². The van der Waals surface area contributed by atoms with Gasteiger partial charge in [-0.25, -0.2) is 0 Å². The average Bonchev–Trinajstić information content (AvgIpc) is 2.84. The van der Waals surface area contributed by atoms with Gasteiger partial charge in [-0.05, 0) is 26.0 Å². The summed E-state index contributed by atoms with van der Waals surface area (Å²) < 4.78 is 2.33. The summed E-state index contributed by atoms with van der Waals surface area (Å²) in [5, 5.41) is 1.28. The smallest absolute Gasteiger partial charge is 0.0491 e. The van der Waals surface area contributed by atoms with Gasteiger partial charge in [0.05, 0.1) is 0 Å². The molecule has 0 saturated heterocycles. The van der Waals surface area contributed by atoms with Gasteiger partial charge in [0.2, 0.25) is 0 Å². The number of nitrogens with zero attached hydrogens (tertiary/aromatic N) is 1. The molecule has 0 saturated carbocycles. The monoisotopic (exact) mass is 271 g/mol. The fourth-order valence-electron chi connectivity index (χ4n) is 2.24. The first kappa shape index (κ1) is 18.2. The normalized spacial score (nSPS) is 9.70. The summed E-state index contributed by atoms with van der Waals surface area (Å²) in [6.45, 7) is 17.1. The van der Waals surface area contributed by atoms with Crippen molar-refractivity contribution in [2.75, 3.05) is 0 Å². The van der Waals surface area contributed by atoms with E-state index < -0.39 is 0 Å². The van der Waals surface area contributed by atoms with Gasteiger partial charge >= 0.3 is 0 Å². The van der Waals surface area contributed by atoms with Crippen molar-refractivity contribution in [3.05, 3.63) is 48.2 Å². The Morgan fingerprint density at radius 2 is 1.70 bits per heavy atom. The van der Waals surface area contributed by atoms with Gasteiger partial charge in [-0.3, -0.25) is 0 Å². The highest BCUT2D eigenvalue weighted by atomic mass is 15.0. The summed E-state index contributed by atoms with van der Waals surface area (Å²) in [6, 6.07) is 8.49. The molecule has 2 aromatic rings. The van der Waals surface area contributed by atoms with Crippen molar-refractivity contribution in [3.63, 3.8) is 0 Å². The molecule has 20 heavy (non-hydrogen) atoms. The van der Waals surface area contributed by atoms with Crippen LogP contribution < -0.4 is 0 Å². The molecule has 1 aromatic heterocycles. The van der Waals surface area contributed by atoms with Crippen molar-refractivity contribution in [1.82, 2.24) is 4.57 Å². The minimum absolute atomic E-state index is 0.980. The minimum Gasteiger partial charge on any atom is -0.341 e. The van der Waals surface area contributed by atoms with Crippen molar-refractivity contribution in [3.8, 4) is 0 Å². The van der Waals surface area contributed by atoms with Crippen LogP contribution in [0.5, 0.6) is 0 Å². The maximum Gasteiger partial charge on any atom is 0.0491 e. The zero-order valence-electron chi connectivity index (χ0n) is 13.9. The van der Waals surface area contributed by atoms with E-state index in [4.69, 9.17) is 0 Å². The summed E-state index contributed by atoms with van der Waals surface area (Å²) in [4.78, 5) is 0. The van der Waals surface area contributed by atoms with E-state index in [2.05, 4.69) is 54.5 Å². The quantitative estimate of drug-likeness (QED) is 0.609. The number of fused-ring (bicyclic) bond motifs is 1. The Hall–Kier alpha value is -1.76. The van der Waals surface area contributed by atoms with E-state index in [0.29, 0.717) is 0 Å². The van der Waals surface area contributed by atoms with Gasteiger partial charge in [0.1, 0.15) is 0 Å². The molecule has 0 fully saturated rings. The molecule has 2 rings (SSSR count).